The Balaban J connectivity index is 4.24. The van der Waals surface area contributed by atoms with Crippen LogP contribution in [0.5, 0.6) is 0 Å². The zero-order chi connectivity index (χ0) is 8.04. The zero-order valence-corrected chi connectivity index (χ0v) is 7.78. The molecule has 0 atom stereocenters. The van der Waals surface area contributed by atoms with Crippen molar-refractivity contribution in [3.05, 3.63) is 0 Å². The Morgan fingerprint density at radius 1 is 1.20 bits per heavy atom. The topological polar surface area (TPSA) is 0 Å². The van der Waals surface area contributed by atoms with Crippen molar-refractivity contribution in [1.82, 2.24) is 0 Å². The van der Waals surface area contributed by atoms with E-state index >= 15 is 0 Å². The van der Waals surface area contributed by atoms with Gasteiger partial charge in [-0.25, -0.2) is 0 Å². The monoisotopic (exact) mass is 150 g/mol. The van der Waals surface area contributed by atoms with Crippen LogP contribution in [0.15, 0.2) is 0 Å². The molecule has 0 heterocycles. The lowest BCUT2D eigenvalue weighted by Gasteiger charge is -2.14. The molecule has 1 heteroatoms. The predicted octanol–water partition coefficient (Wildman–Crippen LogP) is 2.21. The minimum atomic E-state index is -1.66. The Morgan fingerprint density at radius 3 is 1.80 bits per heavy atom. The first-order valence-electron chi connectivity index (χ1n) is 3.70. The average Bonchev–Trinajstić information content (AvgIpc) is 2.01. The fraction of sp³-hybridized carbons (Fsp3) is 0.556. The van der Waals surface area contributed by atoms with Crippen molar-refractivity contribution >= 4 is 8.07 Å². The van der Waals surface area contributed by atoms with Crippen molar-refractivity contribution in [2.45, 2.75) is 32.4 Å². The van der Waals surface area contributed by atoms with Crippen LogP contribution in [0.1, 0.15) is 20.3 Å². The van der Waals surface area contributed by atoms with Crippen LogP contribution in [-0.2, 0) is 0 Å². The van der Waals surface area contributed by atoms with Gasteiger partial charge < -0.3 is 0 Å². The second-order valence-electron chi connectivity index (χ2n) is 2.47. The second kappa shape index (κ2) is 4.20. The van der Waals surface area contributed by atoms with Crippen LogP contribution >= 0.6 is 0 Å². The van der Waals surface area contributed by atoms with E-state index in [9.17, 15) is 0 Å². The van der Waals surface area contributed by atoms with Gasteiger partial charge in [0, 0.05) is 0 Å². The molecule has 0 saturated heterocycles. The SMILES string of the molecule is C#C[Si](C#C)(CC)CCC. The summed E-state index contributed by atoms with van der Waals surface area (Å²) >= 11 is 0. The van der Waals surface area contributed by atoms with Gasteiger partial charge in [0.2, 0.25) is 8.07 Å². The largest absolute Gasteiger partial charge is 0.215 e. The van der Waals surface area contributed by atoms with Crippen LogP contribution in [0.4, 0.5) is 0 Å². The number of rotatable bonds is 3. The molecule has 0 nitrogen and oxygen atoms in total. The lowest BCUT2D eigenvalue weighted by molar-refractivity contribution is 1.05. The Hall–Kier alpha value is -0.663. The Morgan fingerprint density at radius 2 is 1.70 bits per heavy atom. The lowest BCUT2D eigenvalue weighted by atomic mass is 10.6. The molecule has 0 rings (SSSR count). The van der Waals surface area contributed by atoms with E-state index in [4.69, 9.17) is 12.8 Å². The number of hydrogen-bond donors (Lipinski definition) is 0. The molecule has 0 aromatic rings. The van der Waals surface area contributed by atoms with Crippen molar-refractivity contribution in [2.75, 3.05) is 0 Å². The van der Waals surface area contributed by atoms with E-state index in [1.165, 1.54) is 0 Å². The molecule has 10 heavy (non-hydrogen) atoms. The van der Waals surface area contributed by atoms with E-state index in [0.29, 0.717) is 0 Å². The highest BCUT2D eigenvalue weighted by Gasteiger charge is 2.24. The van der Waals surface area contributed by atoms with Gasteiger partial charge in [-0.15, -0.1) is 23.9 Å². The average molecular weight is 150 g/mol. The van der Waals surface area contributed by atoms with Crippen LogP contribution in [0, 0.1) is 23.9 Å². The highest BCUT2D eigenvalue weighted by Crippen LogP contribution is 2.14. The molecule has 0 saturated carbocycles. The van der Waals surface area contributed by atoms with Gasteiger partial charge in [-0.1, -0.05) is 20.3 Å². The van der Waals surface area contributed by atoms with E-state index < -0.39 is 8.07 Å². The summed E-state index contributed by atoms with van der Waals surface area (Å²) in [5, 5.41) is 0. The summed E-state index contributed by atoms with van der Waals surface area (Å²) in [6.45, 7) is 4.23. The lowest BCUT2D eigenvalue weighted by Crippen LogP contribution is -2.29. The Kier molecular flexibility index (Phi) is 3.92. The minimum absolute atomic E-state index is 1.02. The summed E-state index contributed by atoms with van der Waals surface area (Å²) in [5.41, 5.74) is 5.64. The number of hydrogen-bond acceptors (Lipinski definition) is 0. The second-order valence-corrected chi connectivity index (χ2v) is 6.42. The smallest absolute Gasteiger partial charge is 0.126 e. The molecule has 0 amide bonds. The molecule has 0 aromatic heterocycles. The van der Waals surface area contributed by atoms with Gasteiger partial charge in [0.15, 0.2) is 0 Å². The van der Waals surface area contributed by atoms with Gasteiger partial charge in [-0.3, -0.25) is 0 Å². The highest BCUT2D eigenvalue weighted by atomic mass is 28.3. The fourth-order valence-corrected chi connectivity index (χ4v) is 2.98. The molecule has 0 spiro atoms. The number of terminal acetylenes is 2. The first-order chi connectivity index (χ1) is 4.74. The first-order valence-corrected chi connectivity index (χ1v) is 6.11. The van der Waals surface area contributed by atoms with Crippen molar-refractivity contribution < 1.29 is 0 Å². The quantitative estimate of drug-likeness (QED) is 0.427. The van der Waals surface area contributed by atoms with E-state index in [-0.39, 0.29) is 0 Å². The van der Waals surface area contributed by atoms with Gasteiger partial charge in [-0.2, -0.15) is 0 Å². The molecule has 0 aliphatic rings. The van der Waals surface area contributed by atoms with E-state index in [0.717, 1.165) is 18.5 Å². The molecule has 0 N–H and O–H groups in total. The molecule has 0 fully saturated rings. The van der Waals surface area contributed by atoms with Crippen LogP contribution in [0.25, 0.3) is 0 Å². The highest BCUT2D eigenvalue weighted by molar-refractivity contribution is 6.94. The third-order valence-electron chi connectivity index (χ3n) is 1.83. The standard InChI is InChI=1S/C9H14Si/c1-5-9-10(6-2,7-3)8-4/h2-3H,5,8-9H2,1,4H3. The third kappa shape index (κ3) is 1.94. The van der Waals surface area contributed by atoms with E-state index in [1.54, 1.807) is 0 Å². The van der Waals surface area contributed by atoms with Crippen molar-refractivity contribution in [3.8, 4) is 23.9 Å². The van der Waals surface area contributed by atoms with E-state index in [1.807, 2.05) is 0 Å². The van der Waals surface area contributed by atoms with Crippen molar-refractivity contribution in [1.29, 1.82) is 0 Å². The molecule has 0 unspecified atom stereocenters. The molecule has 0 aromatic carbocycles. The van der Waals surface area contributed by atoms with E-state index in [2.05, 4.69) is 24.9 Å². The zero-order valence-electron chi connectivity index (χ0n) is 6.78. The van der Waals surface area contributed by atoms with Crippen molar-refractivity contribution in [2.24, 2.45) is 0 Å². The van der Waals surface area contributed by atoms with Crippen molar-refractivity contribution in [3.63, 3.8) is 0 Å². The van der Waals surface area contributed by atoms with Gasteiger partial charge >= 0.3 is 0 Å². The van der Waals surface area contributed by atoms with Crippen LogP contribution in [0.3, 0.4) is 0 Å². The molecular weight excluding hydrogens is 136 g/mol. The van der Waals surface area contributed by atoms with Crippen LogP contribution in [-0.4, -0.2) is 8.07 Å². The predicted molar refractivity (Wildman–Crippen MR) is 49.0 cm³/mol. The Labute approximate surface area is 65.0 Å². The minimum Gasteiger partial charge on any atom is -0.126 e. The summed E-state index contributed by atoms with van der Waals surface area (Å²) in [4.78, 5) is 0. The molecule has 0 aliphatic carbocycles. The summed E-state index contributed by atoms with van der Waals surface area (Å²) in [6, 6.07) is 2.10. The van der Waals surface area contributed by atoms with Gasteiger partial charge in [-0.05, 0) is 12.1 Å². The molecular formula is C9H14Si. The van der Waals surface area contributed by atoms with Gasteiger partial charge in [0.1, 0.15) is 0 Å². The maximum absolute atomic E-state index is 5.38. The van der Waals surface area contributed by atoms with Gasteiger partial charge in [0.25, 0.3) is 0 Å². The normalized spacial score (nSPS) is 10.0. The van der Waals surface area contributed by atoms with Gasteiger partial charge in [0.05, 0.1) is 0 Å². The summed E-state index contributed by atoms with van der Waals surface area (Å²) in [5.74, 6) is 0. The summed E-state index contributed by atoms with van der Waals surface area (Å²) in [7, 11) is -1.66. The summed E-state index contributed by atoms with van der Waals surface area (Å²) in [6.07, 6.45) is 11.9. The fourth-order valence-electron chi connectivity index (χ4n) is 0.994. The summed E-state index contributed by atoms with van der Waals surface area (Å²) < 4.78 is 0. The maximum atomic E-state index is 5.38. The third-order valence-corrected chi connectivity index (χ3v) is 5.50. The Bertz CT molecular complexity index is 154. The molecule has 0 radical (unpaired) electrons. The van der Waals surface area contributed by atoms with Crippen LogP contribution < -0.4 is 0 Å². The maximum Gasteiger partial charge on any atom is 0.215 e. The molecule has 0 aliphatic heterocycles. The van der Waals surface area contributed by atoms with Crippen LogP contribution in [0.2, 0.25) is 12.1 Å². The molecule has 0 bridgehead atoms. The molecule has 54 valence electrons. The first kappa shape index (κ1) is 9.34.